The minimum atomic E-state index is -0.798. The standard InChI is InChI=1S/C10H12BN7O4/c1-11-15-22-6(19)3-2-4-18-10(21)17-5-13-7(8(12)20)9(17)14-16-18/h5H,2-4H2,1H3,(H2,12,20). The van der Waals surface area contributed by atoms with Crippen LogP contribution in [0.15, 0.2) is 16.2 Å². The summed E-state index contributed by atoms with van der Waals surface area (Å²) in [6.45, 7) is 1.76. The molecule has 0 bridgehead atoms. The summed E-state index contributed by atoms with van der Waals surface area (Å²) >= 11 is 0. The summed E-state index contributed by atoms with van der Waals surface area (Å²) in [5.41, 5.74) is 4.44. The molecule has 12 heteroatoms. The van der Waals surface area contributed by atoms with Gasteiger partial charge in [-0.2, -0.15) is 0 Å². The average Bonchev–Trinajstić information content (AvgIpc) is 2.92. The molecule has 2 aromatic heterocycles. The molecule has 0 unspecified atom stereocenters. The Labute approximate surface area is 124 Å². The van der Waals surface area contributed by atoms with Crippen LogP contribution < -0.4 is 11.4 Å². The van der Waals surface area contributed by atoms with Crippen LogP contribution in [-0.2, 0) is 16.2 Å². The molecule has 22 heavy (non-hydrogen) atoms. The van der Waals surface area contributed by atoms with E-state index >= 15 is 0 Å². The third kappa shape index (κ3) is 3.21. The number of primary amides is 1. The molecule has 0 fully saturated rings. The van der Waals surface area contributed by atoms with Gasteiger partial charge in [0.15, 0.2) is 0 Å². The molecule has 0 aliphatic rings. The molecule has 0 aromatic carbocycles. The van der Waals surface area contributed by atoms with Crippen molar-refractivity contribution < 1.29 is 14.4 Å². The van der Waals surface area contributed by atoms with E-state index in [2.05, 4.69) is 25.2 Å². The summed E-state index contributed by atoms with van der Waals surface area (Å²) in [6.07, 6.45) is 1.53. The van der Waals surface area contributed by atoms with Gasteiger partial charge in [-0.05, 0) is 0 Å². The quantitative estimate of drug-likeness (QED) is 0.507. The number of rotatable bonds is 6. The molecule has 0 aliphatic carbocycles. The molecule has 2 N–H and O–H groups in total. The molecule has 0 saturated carbocycles. The number of aryl methyl sites for hydroxylation is 1. The van der Waals surface area contributed by atoms with Gasteiger partial charge in [0.05, 0.1) is 0 Å². The fourth-order valence-electron chi connectivity index (χ4n) is 1.68. The van der Waals surface area contributed by atoms with Crippen LogP contribution in [0.5, 0.6) is 0 Å². The van der Waals surface area contributed by atoms with E-state index in [1.54, 1.807) is 6.82 Å². The van der Waals surface area contributed by atoms with Crippen molar-refractivity contribution in [3.05, 3.63) is 22.5 Å². The average molecular weight is 305 g/mol. The first-order chi connectivity index (χ1) is 10.5. The van der Waals surface area contributed by atoms with Gasteiger partial charge < -0.3 is 5.73 Å². The van der Waals surface area contributed by atoms with E-state index in [1.807, 2.05) is 0 Å². The van der Waals surface area contributed by atoms with Gasteiger partial charge in [-0.25, -0.2) is 0 Å². The van der Waals surface area contributed by atoms with Crippen molar-refractivity contribution >= 4 is 24.6 Å². The molecule has 0 radical (unpaired) electrons. The number of imidazole rings is 1. The van der Waals surface area contributed by atoms with Crippen molar-refractivity contribution in [3.63, 3.8) is 0 Å². The number of carbonyl (C=O) groups is 2. The number of fused-ring (bicyclic) bond motifs is 1. The van der Waals surface area contributed by atoms with E-state index in [0.29, 0.717) is 6.42 Å². The molecule has 2 rings (SSSR count). The van der Waals surface area contributed by atoms with Gasteiger partial charge in [0, 0.05) is 0 Å². The summed E-state index contributed by atoms with van der Waals surface area (Å²) < 4.78 is 2.11. The Morgan fingerprint density at radius 3 is 2.95 bits per heavy atom. The molecule has 114 valence electrons. The number of carbonyl (C=O) groups excluding carboxylic acids is 2. The predicted octanol–water partition coefficient (Wildman–Crippen LogP) is -1.44. The van der Waals surface area contributed by atoms with Gasteiger partial charge in [-0.3, -0.25) is 4.79 Å². The van der Waals surface area contributed by atoms with Crippen LogP contribution in [-0.4, -0.2) is 43.3 Å². The number of nitrogens with zero attached hydrogens (tertiary/aromatic N) is 6. The fourth-order valence-corrected chi connectivity index (χ4v) is 1.68. The van der Waals surface area contributed by atoms with Gasteiger partial charge in [-0.15, -0.1) is 0 Å². The van der Waals surface area contributed by atoms with Crippen molar-refractivity contribution in [1.29, 1.82) is 0 Å². The fraction of sp³-hybridized carbons (Fsp3) is 0.400. The molecule has 2 aromatic rings. The van der Waals surface area contributed by atoms with Crippen LogP contribution >= 0.6 is 0 Å². The summed E-state index contributed by atoms with van der Waals surface area (Å²) in [4.78, 5) is 42.7. The second kappa shape index (κ2) is 6.69. The Kier molecular flexibility index (Phi) is 4.71. The SMILES string of the molecule is CB=NOC(=O)CCCn1nnc2c(C(N)=O)ncn2c1=O. The first kappa shape index (κ1) is 15.5. The Hall–Kier alpha value is -2.92. The van der Waals surface area contributed by atoms with Crippen LogP contribution in [0.25, 0.3) is 5.65 Å². The van der Waals surface area contributed by atoms with Crippen LogP contribution in [0.2, 0.25) is 6.82 Å². The van der Waals surface area contributed by atoms with Crippen molar-refractivity contribution in [1.82, 2.24) is 24.4 Å². The van der Waals surface area contributed by atoms with Crippen molar-refractivity contribution in [2.45, 2.75) is 26.2 Å². The Balaban J connectivity index is 2.10. The van der Waals surface area contributed by atoms with Crippen molar-refractivity contribution in [2.75, 3.05) is 0 Å². The molecule has 0 atom stereocenters. The summed E-state index contributed by atoms with van der Waals surface area (Å²) in [6, 6.07) is 0. The van der Waals surface area contributed by atoms with E-state index in [9.17, 15) is 14.4 Å². The number of amides is 1. The zero-order valence-electron chi connectivity index (χ0n) is 11.7. The van der Waals surface area contributed by atoms with Crippen molar-refractivity contribution in [2.24, 2.45) is 10.8 Å². The van der Waals surface area contributed by atoms with E-state index < -0.39 is 17.6 Å². The number of hydrogen-bond donors (Lipinski definition) is 1. The molecule has 0 saturated heterocycles. The molecule has 0 spiro atoms. The number of aromatic nitrogens is 5. The minimum absolute atomic E-state index is 0.00885. The third-order valence-electron chi connectivity index (χ3n) is 2.66. The van der Waals surface area contributed by atoms with Gasteiger partial charge in [-0.1, -0.05) is 0 Å². The van der Waals surface area contributed by atoms with E-state index in [-0.39, 0.29) is 24.3 Å². The summed E-state index contributed by atoms with van der Waals surface area (Å²) in [7, 11) is 1.34. The van der Waals surface area contributed by atoms with E-state index in [4.69, 9.17) is 5.73 Å². The zero-order valence-corrected chi connectivity index (χ0v) is 11.7. The first-order valence-electron chi connectivity index (χ1n) is 6.33. The zero-order chi connectivity index (χ0) is 16.1. The number of hydrogen-bond acceptors (Lipinski definition) is 8. The molecular weight excluding hydrogens is 293 g/mol. The van der Waals surface area contributed by atoms with Crippen LogP contribution in [0.1, 0.15) is 23.3 Å². The Morgan fingerprint density at radius 1 is 1.50 bits per heavy atom. The molecule has 0 aliphatic heterocycles. The molecule has 1 amide bonds. The predicted molar refractivity (Wildman–Crippen MR) is 72.9 cm³/mol. The molecule has 11 nitrogen and oxygen atoms in total. The van der Waals surface area contributed by atoms with Crippen LogP contribution in [0.3, 0.4) is 0 Å². The second-order valence-electron chi connectivity index (χ2n) is 4.18. The first-order valence-corrected chi connectivity index (χ1v) is 6.33. The topological polar surface area (TPSA) is 147 Å². The third-order valence-corrected chi connectivity index (χ3v) is 2.66. The summed E-state index contributed by atoms with van der Waals surface area (Å²) in [5, 5.41) is 10.8. The second-order valence-corrected chi connectivity index (χ2v) is 4.18. The van der Waals surface area contributed by atoms with Crippen LogP contribution in [0, 0.1) is 0 Å². The number of nitrogens with two attached hydrogens (primary N) is 1. The van der Waals surface area contributed by atoms with Crippen molar-refractivity contribution in [3.8, 4) is 0 Å². The van der Waals surface area contributed by atoms with E-state index in [0.717, 1.165) is 15.4 Å². The van der Waals surface area contributed by atoms with Crippen LogP contribution in [0.4, 0.5) is 0 Å². The molecular formula is C10H12BN7O4. The van der Waals surface area contributed by atoms with Gasteiger partial charge >= 0.3 is 112 Å². The van der Waals surface area contributed by atoms with E-state index in [1.165, 1.54) is 7.07 Å². The molecule has 2 heterocycles. The summed E-state index contributed by atoms with van der Waals surface area (Å²) in [5.74, 6) is -1.31. The Bertz CT molecular complexity index is 796. The maximum absolute atomic E-state index is 12.1. The van der Waals surface area contributed by atoms with Gasteiger partial charge in [0.1, 0.15) is 0 Å². The van der Waals surface area contributed by atoms with Gasteiger partial charge in [0.2, 0.25) is 0 Å². The normalized spacial score (nSPS) is 10.8. The maximum atomic E-state index is 12.1. The Morgan fingerprint density at radius 2 is 2.27 bits per heavy atom. The monoisotopic (exact) mass is 305 g/mol. The van der Waals surface area contributed by atoms with Gasteiger partial charge in [0.25, 0.3) is 0 Å².